The van der Waals surface area contributed by atoms with Crippen LogP contribution in [-0.4, -0.2) is 59.5 Å². The Kier molecular flexibility index (Phi) is 4.31. The Balaban J connectivity index is 2.53. The summed E-state index contributed by atoms with van der Waals surface area (Å²) in [6.45, 7) is 3.42. The molecule has 1 aliphatic rings. The second kappa shape index (κ2) is 5.29. The molecule has 0 radical (unpaired) electrons. The molecule has 14 heavy (non-hydrogen) atoms. The molecule has 82 valence electrons. The second-order valence-corrected chi connectivity index (χ2v) is 3.43. The molecule has 1 saturated heterocycles. The first kappa shape index (κ1) is 11.4. The van der Waals surface area contributed by atoms with E-state index in [1.807, 2.05) is 11.8 Å². The summed E-state index contributed by atoms with van der Waals surface area (Å²) in [5, 5.41) is 17.8. The lowest BCUT2D eigenvalue weighted by Crippen LogP contribution is -2.51. The molecule has 0 amide bonds. The molecule has 0 saturated carbocycles. The normalized spacial score (nSPS) is 26.0. The molecular formula is C9H17NO4. The van der Waals surface area contributed by atoms with Crippen LogP contribution in [0.25, 0.3) is 0 Å². The average molecular weight is 203 g/mol. The second-order valence-electron chi connectivity index (χ2n) is 3.43. The van der Waals surface area contributed by atoms with Gasteiger partial charge in [0.1, 0.15) is 6.04 Å². The van der Waals surface area contributed by atoms with Crippen LogP contribution in [0.4, 0.5) is 0 Å². The van der Waals surface area contributed by atoms with E-state index in [9.17, 15) is 4.79 Å². The Morgan fingerprint density at radius 1 is 1.71 bits per heavy atom. The van der Waals surface area contributed by atoms with Gasteiger partial charge >= 0.3 is 5.97 Å². The zero-order chi connectivity index (χ0) is 10.6. The van der Waals surface area contributed by atoms with Gasteiger partial charge in [-0.05, 0) is 6.42 Å². The first-order valence-corrected chi connectivity index (χ1v) is 4.88. The van der Waals surface area contributed by atoms with Crippen molar-refractivity contribution in [2.45, 2.75) is 25.5 Å². The first-order chi connectivity index (χ1) is 6.69. The summed E-state index contributed by atoms with van der Waals surface area (Å²) in [7, 11) is 0. The summed E-state index contributed by atoms with van der Waals surface area (Å²) in [4.78, 5) is 12.7. The summed E-state index contributed by atoms with van der Waals surface area (Å²) < 4.78 is 5.25. The fourth-order valence-electron chi connectivity index (χ4n) is 1.72. The van der Waals surface area contributed by atoms with Gasteiger partial charge < -0.3 is 14.9 Å². The number of rotatable bonds is 4. The molecule has 0 aromatic rings. The van der Waals surface area contributed by atoms with E-state index in [1.54, 1.807) is 0 Å². The van der Waals surface area contributed by atoms with E-state index in [0.29, 0.717) is 26.1 Å². The van der Waals surface area contributed by atoms with Gasteiger partial charge in [-0.25, -0.2) is 0 Å². The molecule has 0 aromatic carbocycles. The Labute approximate surface area is 83.3 Å². The zero-order valence-electron chi connectivity index (χ0n) is 8.35. The number of aliphatic hydroxyl groups is 1. The van der Waals surface area contributed by atoms with Crippen LogP contribution in [0.15, 0.2) is 0 Å². The molecule has 0 bridgehead atoms. The fourth-order valence-corrected chi connectivity index (χ4v) is 1.72. The molecule has 2 atom stereocenters. The molecule has 0 spiro atoms. The van der Waals surface area contributed by atoms with Gasteiger partial charge in [0.15, 0.2) is 0 Å². The zero-order valence-corrected chi connectivity index (χ0v) is 8.35. The number of hydrogen-bond acceptors (Lipinski definition) is 4. The quantitative estimate of drug-likeness (QED) is 0.647. The summed E-state index contributed by atoms with van der Waals surface area (Å²) in [5.74, 6) is -0.800. The van der Waals surface area contributed by atoms with Gasteiger partial charge in [0.25, 0.3) is 0 Å². The van der Waals surface area contributed by atoms with E-state index >= 15 is 0 Å². The van der Waals surface area contributed by atoms with Crippen molar-refractivity contribution in [2.24, 2.45) is 0 Å². The number of nitrogens with zero attached hydrogens (tertiary/aromatic N) is 1. The van der Waals surface area contributed by atoms with E-state index in [2.05, 4.69) is 0 Å². The summed E-state index contributed by atoms with van der Waals surface area (Å²) in [5.41, 5.74) is 0. The highest BCUT2D eigenvalue weighted by atomic mass is 16.5. The van der Waals surface area contributed by atoms with Gasteiger partial charge in [-0.2, -0.15) is 0 Å². The van der Waals surface area contributed by atoms with Crippen molar-refractivity contribution < 1.29 is 19.7 Å². The van der Waals surface area contributed by atoms with Crippen LogP contribution in [0.5, 0.6) is 0 Å². The number of ether oxygens (including phenoxy) is 1. The highest BCUT2D eigenvalue weighted by molar-refractivity contribution is 5.73. The van der Waals surface area contributed by atoms with Crippen LogP contribution in [0, 0.1) is 0 Å². The van der Waals surface area contributed by atoms with Crippen molar-refractivity contribution in [3.05, 3.63) is 0 Å². The lowest BCUT2D eigenvalue weighted by Gasteiger charge is -2.35. The SMILES string of the molecule is CCC(C(=O)O)N1CCOC(CO)C1. The minimum Gasteiger partial charge on any atom is -0.480 e. The number of carbonyl (C=O) groups is 1. The maximum absolute atomic E-state index is 10.9. The number of aliphatic hydroxyl groups excluding tert-OH is 1. The van der Waals surface area contributed by atoms with E-state index in [1.165, 1.54) is 0 Å². The van der Waals surface area contributed by atoms with Crippen LogP contribution in [0.2, 0.25) is 0 Å². The number of morpholine rings is 1. The van der Waals surface area contributed by atoms with E-state index in [4.69, 9.17) is 14.9 Å². The predicted molar refractivity (Wildman–Crippen MR) is 50.1 cm³/mol. The summed E-state index contributed by atoms with van der Waals surface area (Å²) in [6.07, 6.45) is 0.338. The van der Waals surface area contributed by atoms with Crippen molar-refractivity contribution in [3.8, 4) is 0 Å². The lowest BCUT2D eigenvalue weighted by atomic mass is 10.1. The van der Waals surface area contributed by atoms with Gasteiger partial charge in [0.2, 0.25) is 0 Å². The van der Waals surface area contributed by atoms with Crippen LogP contribution in [-0.2, 0) is 9.53 Å². The van der Waals surface area contributed by atoms with Crippen LogP contribution in [0.3, 0.4) is 0 Å². The third-order valence-electron chi connectivity index (χ3n) is 2.49. The number of aliphatic carboxylic acids is 1. The van der Waals surface area contributed by atoms with Crippen molar-refractivity contribution in [3.63, 3.8) is 0 Å². The first-order valence-electron chi connectivity index (χ1n) is 4.88. The number of carboxylic acid groups (broad SMARTS) is 1. The molecule has 0 aromatic heterocycles. The minimum atomic E-state index is -0.800. The van der Waals surface area contributed by atoms with E-state index in [-0.39, 0.29) is 12.7 Å². The monoisotopic (exact) mass is 203 g/mol. The molecule has 1 aliphatic heterocycles. The maximum atomic E-state index is 10.9. The fraction of sp³-hybridized carbons (Fsp3) is 0.889. The van der Waals surface area contributed by atoms with Gasteiger partial charge in [-0.1, -0.05) is 6.92 Å². The van der Waals surface area contributed by atoms with Crippen LogP contribution < -0.4 is 0 Å². The lowest BCUT2D eigenvalue weighted by molar-refractivity contribution is -0.147. The summed E-state index contributed by atoms with van der Waals surface area (Å²) in [6, 6.07) is -0.451. The van der Waals surface area contributed by atoms with Crippen molar-refractivity contribution >= 4 is 5.97 Å². The smallest absolute Gasteiger partial charge is 0.320 e. The molecule has 1 heterocycles. The molecule has 1 rings (SSSR count). The molecule has 0 aliphatic carbocycles. The summed E-state index contributed by atoms with van der Waals surface area (Å²) >= 11 is 0. The molecule has 2 N–H and O–H groups in total. The minimum absolute atomic E-state index is 0.0491. The van der Waals surface area contributed by atoms with Crippen LogP contribution >= 0.6 is 0 Å². The molecule has 2 unspecified atom stereocenters. The standard InChI is InChI=1S/C9H17NO4/c1-2-8(9(12)13)10-3-4-14-7(5-10)6-11/h7-8,11H,2-6H2,1H3,(H,12,13). The average Bonchev–Trinajstić information content (AvgIpc) is 2.19. The highest BCUT2D eigenvalue weighted by Crippen LogP contribution is 2.11. The third kappa shape index (κ3) is 2.67. The Morgan fingerprint density at radius 3 is 2.93 bits per heavy atom. The van der Waals surface area contributed by atoms with Crippen molar-refractivity contribution in [1.82, 2.24) is 4.90 Å². The molecule has 5 nitrogen and oxygen atoms in total. The molecular weight excluding hydrogens is 186 g/mol. The van der Waals surface area contributed by atoms with Gasteiger partial charge in [0.05, 0.1) is 19.3 Å². The van der Waals surface area contributed by atoms with Crippen molar-refractivity contribution in [1.29, 1.82) is 0 Å². The van der Waals surface area contributed by atoms with Crippen LogP contribution in [0.1, 0.15) is 13.3 Å². The Bertz CT molecular complexity index is 197. The van der Waals surface area contributed by atoms with Gasteiger partial charge in [-0.3, -0.25) is 9.69 Å². The predicted octanol–water partition coefficient (Wildman–Crippen LogP) is -0.457. The number of hydrogen-bond donors (Lipinski definition) is 2. The Hall–Kier alpha value is -0.650. The van der Waals surface area contributed by atoms with Gasteiger partial charge in [-0.15, -0.1) is 0 Å². The molecule has 5 heteroatoms. The van der Waals surface area contributed by atoms with E-state index < -0.39 is 12.0 Å². The van der Waals surface area contributed by atoms with E-state index in [0.717, 1.165) is 0 Å². The largest absolute Gasteiger partial charge is 0.480 e. The Morgan fingerprint density at radius 2 is 2.43 bits per heavy atom. The number of carboxylic acids is 1. The highest BCUT2D eigenvalue weighted by Gasteiger charge is 2.28. The van der Waals surface area contributed by atoms with Crippen molar-refractivity contribution in [2.75, 3.05) is 26.3 Å². The maximum Gasteiger partial charge on any atom is 0.320 e. The third-order valence-corrected chi connectivity index (χ3v) is 2.49. The van der Waals surface area contributed by atoms with Gasteiger partial charge in [0, 0.05) is 13.1 Å². The topological polar surface area (TPSA) is 70.0 Å². The molecule has 1 fully saturated rings.